The van der Waals surface area contributed by atoms with E-state index in [-0.39, 0.29) is 17.5 Å². The number of nitrogens with zero attached hydrogens (tertiary/aromatic N) is 2. The number of hydrazone groups is 1. The second-order valence-corrected chi connectivity index (χ2v) is 11.8. The number of aryl methyl sites for hydroxylation is 1. The Morgan fingerprint density at radius 3 is 2.41 bits per heavy atom. The van der Waals surface area contributed by atoms with Crippen molar-refractivity contribution in [2.75, 3.05) is 42.4 Å². The van der Waals surface area contributed by atoms with Crippen LogP contribution < -0.4 is 5.32 Å². The standard InChI is InChI=1S/C27H33ClF3N3OS2/c1-26(13-5-15-37-3)18-34(33-25(26)20-9-12-22(23(28)16-20)27(29,30)31)17-24(35)32-21-10-7-19(8-11-21)6-4-14-36-2/h7-12,16H,4-6,13-15,17-18H2,1-3H3,(H,32,35). The molecule has 1 heterocycles. The highest BCUT2D eigenvalue weighted by atomic mass is 35.5. The predicted octanol–water partition coefficient (Wildman–Crippen LogP) is 7.46. The Bertz CT molecular complexity index is 1100. The van der Waals surface area contributed by atoms with Crippen molar-refractivity contribution in [3.05, 3.63) is 64.2 Å². The zero-order chi connectivity index (χ0) is 27.1. The van der Waals surface area contributed by atoms with Crippen LogP contribution in [0.3, 0.4) is 0 Å². The first-order valence-electron chi connectivity index (χ1n) is 12.1. The molecule has 1 amide bonds. The van der Waals surface area contributed by atoms with Crippen LogP contribution in [-0.2, 0) is 17.4 Å². The lowest BCUT2D eigenvalue weighted by molar-refractivity contribution is -0.137. The summed E-state index contributed by atoms with van der Waals surface area (Å²) in [6, 6.07) is 11.6. The molecule has 0 saturated carbocycles. The number of hydrogen-bond acceptors (Lipinski definition) is 5. The van der Waals surface area contributed by atoms with Gasteiger partial charge in [-0.2, -0.15) is 41.8 Å². The summed E-state index contributed by atoms with van der Waals surface area (Å²) in [5.74, 6) is 1.88. The Labute approximate surface area is 230 Å². The molecular weight excluding hydrogens is 539 g/mol. The first kappa shape index (κ1) is 29.7. The number of carbonyl (C=O) groups is 1. The molecule has 0 aliphatic carbocycles. The molecule has 0 radical (unpaired) electrons. The van der Waals surface area contributed by atoms with E-state index in [9.17, 15) is 18.0 Å². The summed E-state index contributed by atoms with van der Waals surface area (Å²) in [5.41, 5.74) is 1.87. The maximum Gasteiger partial charge on any atom is 0.417 e. The third-order valence-corrected chi connectivity index (χ3v) is 8.05. The van der Waals surface area contributed by atoms with Gasteiger partial charge in [0.2, 0.25) is 5.91 Å². The molecule has 37 heavy (non-hydrogen) atoms. The number of hydrogen-bond donors (Lipinski definition) is 1. The van der Waals surface area contributed by atoms with Crippen LogP contribution in [0.4, 0.5) is 18.9 Å². The van der Waals surface area contributed by atoms with E-state index in [1.807, 2.05) is 49.2 Å². The van der Waals surface area contributed by atoms with Gasteiger partial charge in [-0.25, -0.2) is 0 Å². The number of rotatable bonds is 12. The lowest BCUT2D eigenvalue weighted by Gasteiger charge is -2.27. The van der Waals surface area contributed by atoms with Gasteiger partial charge in [0.25, 0.3) is 0 Å². The number of amides is 1. The number of benzene rings is 2. The number of halogens is 4. The largest absolute Gasteiger partial charge is 0.417 e. The molecule has 3 rings (SSSR count). The molecule has 1 aliphatic heterocycles. The molecule has 1 unspecified atom stereocenters. The monoisotopic (exact) mass is 571 g/mol. The molecule has 1 atom stereocenters. The summed E-state index contributed by atoms with van der Waals surface area (Å²) in [5, 5.41) is 8.97. The molecule has 0 saturated heterocycles. The Morgan fingerprint density at radius 2 is 1.78 bits per heavy atom. The number of nitrogens with one attached hydrogen (secondary N) is 1. The first-order valence-corrected chi connectivity index (χ1v) is 15.3. The van der Waals surface area contributed by atoms with E-state index >= 15 is 0 Å². The van der Waals surface area contributed by atoms with Crippen molar-refractivity contribution in [3.63, 3.8) is 0 Å². The van der Waals surface area contributed by atoms with Gasteiger partial charge < -0.3 is 5.32 Å². The maximum atomic E-state index is 13.2. The van der Waals surface area contributed by atoms with Gasteiger partial charge in [0.15, 0.2) is 0 Å². The molecule has 0 aromatic heterocycles. The highest BCUT2D eigenvalue weighted by Gasteiger charge is 2.40. The van der Waals surface area contributed by atoms with E-state index in [1.165, 1.54) is 17.7 Å². The fourth-order valence-electron chi connectivity index (χ4n) is 4.51. The van der Waals surface area contributed by atoms with Gasteiger partial charge in [0, 0.05) is 17.6 Å². The van der Waals surface area contributed by atoms with E-state index in [1.54, 1.807) is 16.8 Å². The zero-order valence-corrected chi connectivity index (χ0v) is 23.7. The first-order chi connectivity index (χ1) is 17.6. The van der Waals surface area contributed by atoms with Gasteiger partial charge >= 0.3 is 6.18 Å². The SMILES string of the molecule is CSCCCc1ccc(NC(=O)CN2CC(C)(CCCSC)C(c3ccc(C(F)(F)F)c(Cl)c3)=N2)cc1. The molecule has 0 fully saturated rings. The fraction of sp³-hybridized carbons (Fsp3) is 0.481. The van der Waals surface area contributed by atoms with Crippen LogP contribution in [-0.4, -0.2) is 53.7 Å². The number of alkyl halides is 3. The third kappa shape index (κ3) is 8.32. The van der Waals surface area contributed by atoms with Crippen LogP contribution in [0, 0.1) is 5.41 Å². The van der Waals surface area contributed by atoms with Crippen LogP contribution in [0.25, 0.3) is 0 Å². The molecule has 1 aliphatic rings. The number of anilines is 1. The summed E-state index contributed by atoms with van der Waals surface area (Å²) in [7, 11) is 0. The normalized spacial score (nSPS) is 17.7. The molecule has 4 nitrogen and oxygen atoms in total. The summed E-state index contributed by atoms with van der Waals surface area (Å²) in [6.07, 6.45) is 3.44. The summed E-state index contributed by atoms with van der Waals surface area (Å²) in [4.78, 5) is 12.8. The quantitative estimate of drug-likeness (QED) is 0.269. The van der Waals surface area contributed by atoms with Crippen molar-refractivity contribution in [3.8, 4) is 0 Å². The lowest BCUT2D eigenvalue weighted by Crippen LogP contribution is -2.35. The highest BCUT2D eigenvalue weighted by Crippen LogP contribution is 2.39. The van der Waals surface area contributed by atoms with Crippen LogP contribution >= 0.6 is 35.1 Å². The lowest BCUT2D eigenvalue weighted by atomic mass is 9.78. The number of thioether (sulfide) groups is 2. The molecule has 2 aromatic rings. The van der Waals surface area contributed by atoms with Gasteiger partial charge in [-0.05, 0) is 85.1 Å². The van der Waals surface area contributed by atoms with Crippen LogP contribution in [0.2, 0.25) is 5.02 Å². The van der Waals surface area contributed by atoms with E-state index in [0.717, 1.165) is 48.9 Å². The number of carbonyl (C=O) groups excluding carboxylic acids is 1. The minimum Gasteiger partial charge on any atom is -0.324 e. The average Bonchev–Trinajstić information content (AvgIpc) is 3.15. The average molecular weight is 572 g/mol. The molecule has 10 heteroatoms. The Balaban J connectivity index is 1.73. The fourth-order valence-corrected chi connectivity index (χ4v) is 5.66. The third-order valence-electron chi connectivity index (χ3n) is 6.35. The maximum absolute atomic E-state index is 13.2. The molecule has 0 spiro atoms. The minimum atomic E-state index is -4.52. The van der Waals surface area contributed by atoms with E-state index in [2.05, 4.69) is 11.6 Å². The van der Waals surface area contributed by atoms with E-state index in [0.29, 0.717) is 17.8 Å². The summed E-state index contributed by atoms with van der Waals surface area (Å²) < 4.78 is 39.7. The van der Waals surface area contributed by atoms with Crippen molar-refractivity contribution in [1.82, 2.24) is 5.01 Å². The van der Waals surface area contributed by atoms with E-state index in [4.69, 9.17) is 16.7 Å². The van der Waals surface area contributed by atoms with Crippen molar-refractivity contribution in [2.45, 2.75) is 38.8 Å². The summed E-state index contributed by atoms with van der Waals surface area (Å²) >= 11 is 9.58. The molecule has 202 valence electrons. The van der Waals surface area contributed by atoms with Crippen molar-refractivity contribution >= 4 is 52.4 Å². The van der Waals surface area contributed by atoms with Crippen LogP contribution in [0.15, 0.2) is 47.6 Å². The molecule has 1 N–H and O–H groups in total. The van der Waals surface area contributed by atoms with Crippen molar-refractivity contribution < 1.29 is 18.0 Å². The van der Waals surface area contributed by atoms with Gasteiger partial charge in [-0.3, -0.25) is 9.80 Å². The second kappa shape index (κ2) is 13.3. The van der Waals surface area contributed by atoms with E-state index < -0.39 is 17.2 Å². The Kier molecular flexibility index (Phi) is 10.7. The molecular formula is C27H33ClF3N3OS2. The van der Waals surface area contributed by atoms with Gasteiger partial charge in [0.05, 0.1) is 16.3 Å². The van der Waals surface area contributed by atoms with Crippen LogP contribution in [0.1, 0.15) is 42.9 Å². The molecule has 0 bridgehead atoms. The summed E-state index contributed by atoms with van der Waals surface area (Å²) in [6.45, 7) is 2.59. The smallest absolute Gasteiger partial charge is 0.324 e. The zero-order valence-electron chi connectivity index (χ0n) is 21.3. The Morgan fingerprint density at radius 1 is 1.11 bits per heavy atom. The van der Waals surface area contributed by atoms with Crippen molar-refractivity contribution in [2.24, 2.45) is 10.5 Å². The topological polar surface area (TPSA) is 44.7 Å². The minimum absolute atomic E-state index is 0.0471. The highest BCUT2D eigenvalue weighted by molar-refractivity contribution is 7.98. The predicted molar refractivity (Wildman–Crippen MR) is 152 cm³/mol. The van der Waals surface area contributed by atoms with Gasteiger partial charge in [-0.1, -0.05) is 36.7 Å². The van der Waals surface area contributed by atoms with Crippen LogP contribution in [0.5, 0.6) is 0 Å². The second-order valence-electron chi connectivity index (χ2n) is 9.46. The van der Waals surface area contributed by atoms with Gasteiger partial charge in [0.1, 0.15) is 6.54 Å². The Hall–Kier alpha value is -1.84. The van der Waals surface area contributed by atoms with Crippen molar-refractivity contribution in [1.29, 1.82) is 0 Å². The molecule has 2 aromatic carbocycles. The van der Waals surface area contributed by atoms with Gasteiger partial charge in [-0.15, -0.1) is 0 Å².